The Hall–Kier alpha value is -2.66. The van der Waals surface area contributed by atoms with Gasteiger partial charge < -0.3 is 9.16 Å². The van der Waals surface area contributed by atoms with Gasteiger partial charge >= 0.3 is 20.3 Å². The van der Waals surface area contributed by atoms with Crippen molar-refractivity contribution in [2.45, 2.75) is 45.6 Å². The predicted molar refractivity (Wildman–Crippen MR) is 119 cm³/mol. The topological polar surface area (TPSA) is 52.6 Å². The first kappa shape index (κ1) is 22.6. The van der Waals surface area contributed by atoms with E-state index >= 15 is 0 Å². The quantitative estimate of drug-likeness (QED) is 0.286. The Labute approximate surface area is 174 Å². The molecule has 0 aliphatic rings. The molecule has 0 heterocycles. The van der Waals surface area contributed by atoms with E-state index in [4.69, 9.17) is 9.16 Å². The number of unbranched alkanes of at least 4 members (excludes halogenated alkanes) is 1. The van der Waals surface area contributed by atoms with E-state index in [0.717, 1.165) is 29.3 Å². The van der Waals surface area contributed by atoms with Crippen molar-refractivity contribution in [2.24, 2.45) is 0 Å². The van der Waals surface area contributed by atoms with Crippen LogP contribution in [-0.2, 0) is 18.8 Å². The van der Waals surface area contributed by atoms with E-state index < -0.39 is 20.3 Å². The molecular formula is C24H30O4Si. The van der Waals surface area contributed by atoms with Crippen molar-refractivity contribution < 1.29 is 18.8 Å². The molecule has 0 aliphatic heterocycles. The van der Waals surface area contributed by atoms with Crippen molar-refractivity contribution in [3.63, 3.8) is 0 Å². The van der Waals surface area contributed by atoms with Gasteiger partial charge in [0, 0.05) is 12.2 Å². The largest absolute Gasteiger partial charge is 0.506 e. The molecule has 0 atom stereocenters. The zero-order valence-corrected chi connectivity index (χ0v) is 18.7. The zero-order chi connectivity index (χ0) is 21.3. The van der Waals surface area contributed by atoms with Gasteiger partial charge in [0.15, 0.2) is 0 Å². The maximum Gasteiger partial charge on any atom is 0.331 e. The normalized spacial score (nSPS) is 12.0. The van der Waals surface area contributed by atoms with Crippen molar-refractivity contribution in [3.8, 4) is 0 Å². The fraction of sp³-hybridized carbons (Fsp3) is 0.333. The Morgan fingerprint density at radius 3 is 1.79 bits per heavy atom. The molecular weight excluding hydrogens is 380 g/mol. The van der Waals surface area contributed by atoms with Crippen molar-refractivity contribution >= 4 is 30.6 Å². The summed E-state index contributed by atoms with van der Waals surface area (Å²) in [6.07, 6.45) is 4.06. The summed E-state index contributed by atoms with van der Waals surface area (Å²) >= 11 is 0. The molecule has 0 aromatic heterocycles. The number of esters is 1. The molecule has 0 saturated carbocycles. The highest BCUT2D eigenvalue weighted by Gasteiger charge is 2.52. The van der Waals surface area contributed by atoms with Gasteiger partial charge in [-0.25, -0.2) is 9.59 Å². The lowest BCUT2D eigenvalue weighted by atomic mass is 10.2. The van der Waals surface area contributed by atoms with E-state index in [1.807, 2.05) is 67.6 Å². The first-order valence-corrected chi connectivity index (χ1v) is 11.9. The van der Waals surface area contributed by atoms with E-state index in [-0.39, 0.29) is 5.04 Å². The predicted octanol–water partition coefficient (Wildman–Crippen LogP) is 3.99. The Kier molecular flexibility index (Phi) is 7.97. The Morgan fingerprint density at radius 2 is 1.34 bits per heavy atom. The number of hydrogen-bond acceptors (Lipinski definition) is 4. The molecule has 0 aliphatic carbocycles. The number of carbonyl (C=O) groups excluding carboxylic acids is 2. The van der Waals surface area contributed by atoms with Crippen molar-refractivity contribution in [1.29, 1.82) is 0 Å². The lowest BCUT2D eigenvalue weighted by Gasteiger charge is -2.41. The van der Waals surface area contributed by atoms with Crippen LogP contribution >= 0.6 is 0 Å². The van der Waals surface area contributed by atoms with Crippen LogP contribution in [0.2, 0.25) is 5.04 Å². The van der Waals surface area contributed by atoms with E-state index in [1.165, 1.54) is 6.08 Å². The average Bonchev–Trinajstić information content (AvgIpc) is 2.71. The van der Waals surface area contributed by atoms with E-state index in [2.05, 4.69) is 20.8 Å². The molecule has 0 amide bonds. The molecule has 5 heteroatoms. The van der Waals surface area contributed by atoms with Crippen LogP contribution in [0, 0.1) is 0 Å². The molecule has 0 spiro atoms. The van der Waals surface area contributed by atoms with Crippen LogP contribution in [0.3, 0.4) is 0 Å². The number of ether oxygens (including phenoxy) is 1. The van der Waals surface area contributed by atoms with Gasteiger partial charge in [-0.05, 0) is 21.8 Å². The van der Waals surface area contributed by atoms with E-state index in [1.54, 1.807) is 0 Å². The van der Waals surface area contributed by atoms with Crippen LogP contribution in [0.5, 0.6) is 0 Å². The van der Waals surface area contributed by atoms with E-state index in [9.17, 15) is 9.59 Å². The molecule has 154 valence electrons. The minimum Gasteiger partial charge on any atom is -0.506 e. The molecule has 2 aromatic rings. The summed E-state index contributed by atoms with van der Waals surface area (Å²) < 4.78 is 11.3. The first-order chi connectivity index (χ1) is 13.8. The highest BCUT2D eigenvalue weighted by Crippen LogP contribution is 2.36. The molecule has 2 aromatic carbocycles. The second-order valence-corrected chi connectivity index (χ2v) is 12.2. The Morgan fingerprint density at radius 1 is 0.862 bits per heavy atom. The number of benzene rings is 2. The molecule has 2 rings (SSSR count). The van der Waals surface area contributed by atoms with Gasteiger partial charge in [-0.15, -0.1) is 0 Å². The number of hydrogen-bond donors (Lipinski definition) is 0. The second-order valence-electron chi connectivity index (χ2n) is 7.94. The first-order valence-electron chi connectivity index (χ1n) is 10.00. The third-order valence-electron chi connectivity index (χ3n) is 4.77. The van der Waals surface area contributed by atoms with Gasteiger partial charge in [-0.1, -0.05) is 94.8 Å². The fourth-order valence-electron chi connectivity index (χ4n) is 3.34. The lowest BCUT2D eigenvalue weighted by molar-refractivity contribution is -0.138. The molecule has 0 bridgehead atoms. The molecule has 0 saturated heterocycles. The van der Waals surface area contributed by atoms with Crippen LogP contribution in [0.25, 0.3) is 0 Å². The maximum absolute atomic E-state index is 12.8. The van der Waals surface area contributed by atoms with Gasteiger partial charge in [0.1, 0.15) is 0 Å². The second kappa shape index (κ2) is 10.2. The summed E-state index contributed by atoms with van der Waals surface area (Å²) in [7, 11) is -2.97. The van der Waals surface area contributed by atoms with Crippen LogP contribution in [0.4, 0.5) is 0 Å². The van der Waals surface area contributed by atoms with Crippen molar-refractivity contribution in [1.82, 2.24) is 0 Å². The number of rotatable bonds is 8. The number of carbonyl (C=O) groups is 2. The van der Waals surface area contributed by atoms with Crippen LogP contribution in [0.15, 0.2) is 72.8 Å². The smallest absolute Gasteiger partial charge is 0.331 e. The maximum atomic E-state index is 12.8. The molecule has 0 unspecified atom stereocenters. The van der Waals surface area contributed by atoms with Gasteiger partial charge in [0.2, 0.25) is 0 Å². The standard InChI is InChI=1S/C24H30O4Si/c1-5-6-19-27-22(25)17-18-23(26)28-29(24(2,3)4,20-13-9-7-10-14-20)21-15-11-8-12-16-21/h7-18H,5-6,19H2,1-4H3/b18-17-. The van der Waals surface area contributed by atoms with Crippen LogP contribution in [-0.4, -0.2) is 26.9 Å². The molecule has 0 fully saturated rings. The summed E-state index contributed by atoms with van der Waals surface area (Å²) in [5, 5.41) is 1.69. The lowest BCUT2D eigenvalue weighted by Crippen LogP contribution is -2.67. The minimum absolute atomic E-state index is 0.319. The van der Waals surface area contributed by atoms with E-state index in [0.29, 0.717) is 6.61 Å². The van der Waals surface area contributed by atoms with Crippen LogP contribution in [0.1, 0.15) is 40.5 Å². The highest BCUT2D eigenvalue weighted by atomic mass is 28.4. The van der Waals surface area contributed by atoms with Crippen molar-refractivity contribution in [2.75, 3.05) is 6.61 Å². The summed E-state index contributed by atoms with van der Waals surface area (Å²) in [6, 6.07) is 19.8. The zero-order valence-electron chi connectivity index (χ0n) is 17.7. The third kappa shape index (κ3) is 5.67. The SMILES string of the molecule is CCCCOC(=O)/C=C\C(=O)O[Si](c1ccccc1)(c1ccccc1)C(C)(C)C. The summed E-state index contributed by atoms with van der Waals surface area (Å²) in [6.45, 7) is 8.65. The van der Waals surface area contributed by atoms with Gasteiger partial charge in [-0.3, -0.25) is 0 Å². The Balaban J connectivity index is 2.39. The average molecular weight is 411 g/mol. The van der Waals surface area contributed by atoms with Crippen LogP contribution < -0.4 is 10.4 Å². The van der Waals surface area contributed by atoms with Gasteiger partial charge in [0.25, 0.3) is 0 Å². The highest BCUT2D eigenvalue weighted by molar-refractivity contribution is 7.00. The summed E-state index contributed by atoms with van der Waals surface area (Å²) in [5.74, 6) is -1.07. The van der Waals surface area contributed by atoms with Gasteiger partial charge in [0.05, 0.1) is 6.61 Å². The minimum atomic E-state index is -2.97. The Bertz CT molecular complexity index is 783. The summed E-state index contributed by atoms with van der Waals surface area (Å²) in [4.78, 5) is 24.6. The monoisotopic (exact) mass is 410 g/mol. The molecule has 0 radical (unpaired) electrons. The van der Waals surface area contributed by atoms with Crippen molar-refractivity contribution in [3.05, 3.63) is 72.8 Å². The summed E-state index contributed by atoms with van der Waals surface area (Å²) in [5.41, 5.74) is 0. The molecule has 0 N–H and O–H groups in total. The molecule has 4 nitrogen and oxygen atoms in total. The van der Waals surface area contributed by atoms with Gasteiger partial charge in [-0.2, -0.15) is 0 Å². The third-order valence-corrected chi connectivity index (χ3v) is 9.68. The fourth-order valence-corrected chi connectivity index (χ4v) is 7.64. The molecule has 29 heavy (non-hydrogen) atoms.